The summed E-state index contributed by atoms with van der Waals surface area (Å²) < 4.78 is 11.1. The predicted octanol–water partition coefficient (Wildman–Crippen LogP) is 3.88. The molecule has 0 heterocycles. The molecular formula is C17H17BrO4. The largest absolute Gasteiger partial charge is 0.497 e. The number of carboxylic acids is 1. The van der Waals surface area contributed by atoms with Crippen LogP contribution < -0.4 is 9.47 Å². The normalized spacial score (nSPS) is 11.8. The third-order valence-electron chi connectivity index (χ3n) is 3.47. The Balaban J connectivity index is 2.25. The molecule has 0 aliphatic carbocycles. The van der Waals surface area contributed by atoms with Crippen molar-refractivity contribution in [1.29, 1.82) is 0 Å². The SMILES string of the molecule is COc1ccc(C(Cc2ccc(OC)c(Br)c2)C(=O)O)cc1. The Labute approximate surface area is 137 Å². The number of ether oxygens (including phenoxy) is 2. The van der Waals surface area contributed by atoms with Gasteiger partial charge in [-0.15, -0.1) is 0 Å². The van der Waals surface area contributed by atoms with Gasteiger partial charge in [-0.2, -0.15) is 0 Å². The summed E-state index contributed by atoms with van der Waals surface area (Å²) in [5, 5.41) is 9.52. The van der Waals surface area contributed by atoms with Crippen LogP contribution >= 0.6 is 15.9 Å². The van der Waals surface area contributed by atoms with Crippen LogP contribution in [0.5, 0.6) is 11.5 Å². The van der Waals surface area contributed by atoms with Crippen LogP contribution in [0.25, 0.3) is 0 Å². The second-order valence-electron chi connectivity index (χ2n) is 4.84. The fourth-order valence-electron chi connectivity index (χ4n) is 2.26. The lowest BCUT2D eigenvalue weighted by Gasteiger charge is -2.14. The van der Waals surface area contributed by atoms with E-state index in [-0.39, 0.29) is 0 Å². The van der Waals surface area contributed by atoms with Crippen LogP contribution in [-0.2, 0) is 11.2 Å². The Morgan fingerprint density at radius 2 is 1.82 bits per heavy atom. The first-order valence-electron chi connectivity index (χ1n) is 6.74. The van der Waals surface area contributed by atoms with Gasteiger partial charge in [0, 0.05) is 0 Å². The third kappa shape index (κ3) is 3.80. The van der Waals surface area contributed by atoms with Gasteiger partial charge < -0.3 is 14.6 Å². The van der Waals surface area contributed by atoms with E-state index in [2.05, 4.69) is 15.9 Å². The maximum atomic E-state index is 11.6. The molecule has 0 fully saturated rings. The first-order chi connectivity index (χ1) is 10.5. The smallest absolute Gasteiger partial charge is 0.311 e. The van der Waals surface area contributed by atoms with Gasteiger partial charge in [0.2, 0.25) is 0 Å². The average Bonchev–Trinajstić information content (AvgIpc) is 2.52. The monoisotopic (exact) mass is 364 g/mol. The summed E-state index contributed by atoms with van der Waals surface area (Å²) in [6, 6.07) is 12.7. The van der Waals surface area contributed by atoms with Crippen LogP contribution in [0.3, 0.4) is 0 Å². The Morgan fingerprint density at radius 3 is 2.32 bits per heavy atom. The van der Waals surface area contributed by atoms with Gasteiger partial charge in [-0.3, -0.25) is 4.79 Å². The van der Waals surface area contributed by atoms with Crippen molar-refractivity contribution >= 4 is 21.9 Å². The molecule has 1 N–H and O–H groups in total. The van der Waals surface area contributed by atoms with E-state index in [1.54, 1.807) is 38.5 Å². The molecular weight excluding hydrogens is 348 g/mol. The Morgan fingerprint density at radius 1 is 1.14 bits per heavy atom. The van der Waals surface area contributed by atoms with E-state index in [0.717, 1.165) is 21.3 Å². The summed E-state index contributed by atoms with van der Waals surface area (Å²) in [6.45, 7) is 0. The molecule has 5 heteroatoms. The minimum absolute atomic E-state index is 0.407. The molecule has 0 aliphatic rings. The van der Waals surface area contributed by atoms with E-state index in [1.165, 1.54) is 0 Å². The maximum absolute atomic E-state index is 11.6. The van der Waals surface area contributed by atoms with E-state index in [1.807, 2.05) is 18.2 Å². The Kier molecular flexibility index (Phi) is 5.44. The highest BCUT2D eigenvalue weighted by Crippen LogP contribution is 2.29. The van der Waals surface area contributed by atoms with Crippen LogP contribution in [0.2, 0.25) is 0 Å². The number of rotatable bonds is 6. The Bertz CT molecular complexity index is 652. The van der Waals surface area contributed by atoms with Gasteiger partial charge in [0.15, 0.2) is 0 Å². The van der Waals surface area contributed by atoms with Crippen LogP contribution in [0.1, 0.15) is 17.0 Å². The average molecular weight is 365 g/mol. The Hall–Kier alpha value is -2.01. The predicted molar refractivity (Wildman–Crippen MR) is 87.8 cm³/mol. The molecule has 2 aromatic rings. The van der Waals surface area contributed by atoms with Crippen molar-refractivity contribution in [3.63, 3.8) is 0 Å². The summed E-state index contributed by atoms with van der Waals surface area (Å²) in [6.07, 6.45) is 0.407. The molecule has 0 aliphatic heterocycles. The van der Waals surface area contributed by atoms with Gasteiger partial charge in [0.1, 0.15) is 11.5 Å². The van der Waals surface area contributed by atoms with Crippen molar-refractivity contribution in [2.75, 3.05) is 14.2 Å². The molecule has 0 bridgehead atoms. The van der Waals surface area contributed by atoms with E-state index in [0.29, 0.717) is 12.2 Å². The van der Waals surface area contributed by atoms with Gasteiger partial charge in [0.05, 0.1) is 24.6 Å². The summed E-state index contributed by atoms with van der Waals surface area (Å²) in [5.41, 5.74) is 1.68. The van der Waals surface area contributed by atoms with Gasteiger partial charge in [0.25, 0.3) is 0 Å². The molecule has 0 saturated heterocycles. The van der Waals surface area contributed by atoms with Gasteiger partial charge in [-0.05, 0) is 57.7 Å². The highest BCUT2D eigenvalue weighted by Gasteiger charge is 2.20. The van der Waals surface area contributed by atoms with Crippen molar-refractivity contribution in [2.45, 2.75) is 12.3 Å². The van der Waals surface area contributed by atoms with Crippen LogP contribution in [-0.4, -0.2) is 25.3 Å². The number of aliphatic carboxylic acids is 1. The number of hydrogen-bond donors (Lipinski definition) is 1. The minimum atomic E-state index is -0.850. The van der Waals surface area contributed by atoms with E-state index in [9.17, 15) is 9.90 Å². The summed E-state index contributed by atoms with van der Waals surface area (Å²) in [4.78, 5) is 11.6. The van der Waals surface area contributed by atoms with Gasteiger partial charge in [-0.1, -0.05) is 18.2 Å². The number of carboxylic acid groups (broad SMARTS) is 1. The highest BCUT2D eigenvalue weighted by molar-refractivity contribution is 9.10. The molecule has 0 radical (unpaired) electrons. The molecule has 2 rings (SSSR count). The quantitative estimate of drug-likeness (QED) is 0.844. The first kappa shape index (κ1) is 16.4. The number of carbonyl (C=O) groups is 1. The van der Waals surface area contributed by atoms with E-state index >= 15 is 0 Å². The number of benzene rings is 2. The zero-order chi connectivity index (χ0) is 16.1. The summed E-state index contributed by atoms with van der Waals surface area (Å²) >= 11 is 3.42. The van der Waals surface area contributed by atoms with Crippen molar-refractivity contribution in [2.24, 2.45) is 0 Å². The van der Waals surface area contributed by atoms with E-state index in [4.69, 9.17) is 9.47 Å². The summed E-state index contributed by atoms with van der Waals surface area (Å²) in [5.74, 6) is -0.0246. The third-order valence-corrected chi connectivity index (χ3v) is 4.09. The zero-order valence-corrected chi connectivity index (χ0v) is 14.0. The second-order valence-corrected chi connectivity index (χ2v) is 5.69. The van der Waals surface area contributed by atoms with Crippen molar-refractivity contribution < 1.29 is 19.4 Å². The molecule has 1 atom stereocenters. The van der Waals surface area contributed by atoms with E-state index < -0.39 is 11.9 Å². The first-order valence-corrected chi connectivity index (χ1v) is 7.53. The lowest BCUT2D eigenvalue weighted by Crippen LogP contribution is -2.14. The molecule has 0 aromatic heterocycles. The van der Waals surface area contributed by atoms with Gasteiger partial charge in [-0.25, -0.2) is 0 Å². The van der Waals surface area contributed by atoms with Crippen LogP contribution in [0, 0.1) is 0 Å². The molecule has 1 unspecified atom stereocenters. The topological polar surface area (TPSA) is 55.8 Å². The lowest BCUT2D eigenvalue weighted by atomic mass is 9.92. The standard InChI is InChI=1S/C17H17BrO4/c1-21-13-6-4-12(5-7-13)14(17(19)20)9-11-3-8-16(22-2)15(18)10-11/h3-8,10,14H,9H2,1-2H3,(H,19,20). The second kappa shape index (κ2) is 7.31. The number of methoxy groups -OCH3 is 2. The van der Waals surface area contributed by atoms with Crippen molar-refractivity contribution in [3.8, 4) is 11.5 Å². The lowest BCUT2D eigenvalue weighted by molar-refractivity contribution is -0.138. The van der Waals surface area contributed by atoms with Crippen molar-refractivity contribution in [1.82, 2.24) is 0 Å². The van der Waals surface area contributed by atoms with Gasteiger partial charge >= 0.3 is 5.97 Å². The fourth-order valence-corrected chi connectivity index (χ4v) is 2.84. The van der Waals surface area contributed by atoms with Crippen LogP contribution in [0.15, 0.2) is 46.9 Å². The molecule has 2 aromatic carbocycles. The highest BCUT2D eigenvalue weighted by atomic mass is 79.9. The molecule has 116 valence electrons. The molecule has 22 heavy (non-hydrogen) atoms. The maximum Gasteiger partial charge on any atom is 0.311 e. The fraction of sp³-hybridized carbons (Fsp3) is 0.235. The number of hydrogen-bond acceptors (Lipinski definition) is 3. The zero-order valence-electron chi connectivity index (χ0n) is 12.4. The molecule has 4 nitrogen and oxygen atoms in total. The number of halogens is 1. The van der Waals surface area contributed by atoms with Crippen LogP contribution in [0.4, 0.5) is 0 Å². The van der Waals surface area contributed by atoms with Crippen molar-refractivity contribution in [3.05, 3.63) is 58.1 Å². The molecule has 0 saturated carbocycles. The molecule has 0 spiro atoms. The summed E-state index contributed by atoms with van der Waals surface area (Å²) in [7, 11) is 3.18. The minimum Gasteiger partial charge on any atom is -0.497 e. The molecule has 0 amide bonds.